The van der Waals surface area contributed by atoms with E-state index >= 15 is 0 Å². The van der Waals surface area contributed by atoms with Gasteiger partial charge >= 0.3 is 12.1 Å². The van der Waals surface area contributed by atoms with Crippen LogP contribution in [0.3, 0.4) is 0 Å². The van der Waals surface area contributed by atoms with E-state index in [0.29, 0.717) is 35.0 Å². The molecule has 1 aliphatic rings. The average molecular weight is 394 g/mol. The molecule has 0 bridgehead atoms. The standard InChI is InChI=1S/C16H22N6O4S/c1-16(2,3)26-14(23)19-10-5-6-21(8-10)15(24)22(25-4)13-20-11-7-17-9-18-12(11)27-13/h7,9-10H,5-6,8H2,1-4H3,(H,19,23). The van der Waals surface area contributed by atoms with Gasteiger partial charge in [-0.05, 0) is 27.2 Å². The summed E-state index contributed by atoms with van der Waals surface area (Å²) in [5, 5.41) is 4.30. The molecule has 1 fully saturated rings. The summed E-state index contributed by atoms with van der Waals surface area (Å²) in [5.74, 6) is 0. The molecule has 1 aliphatic heterocycles. The van der Waals surface area contributed by atoms with Gasteiger partial charge in [0, 0.05) is 13.1 Å². The number of hydrogen-bond acceptors (Lipinski definition) is 8. The first kappa shape index (κ1) is 19.2. The van der Waals surface area contributed by atoms with Crippen molar-refractivity contribution >= 4 is 38.9 Å². The van der Waals surface area contributed by atoms with Crippen LogP contribution in [-0.4, -0.2) is 63.8 Å². The predicted octanol–water partition coefficient (Wildman–Crippen LogP) is 2.17. The molecule has 0 saturated carbocycles. The first-order valence-corrected chi connectivity index (χ1v) is 9.27. The number of ether oxygens (including phenoxy) is 1. The molecule has 146 valence electrons. The number of alkyl carbamates (subject to hydrolysis) is 1. The predicted molar refractivity (Wildman–Crippen MR) is 99.4 cm³/mol. The van der Waals surface area contributed by atoms with Gasteiger partial charge < -0.3 is 15.0 Å². The molecule has 1 atom stereocenters. The number of nitrogens with zero attached hydrogens (tertiary/aromatic N) is 5. The molecular formula is C16H22N6O4S. The first-order valence-electron chi connectivity index (χ1n) is 8.46. The monoisotopic (exact) mass is 394 g/mol. The van der Waals surface area contributed by atoms with Crippen LogP contribution in [0.4, 0.5) is 14.7 Å². The minimum Gasteiger partial charge on any atom is -0.444 e. The molecule has 1 unspecified atom stereocenters. The van der Waals surface area contributed by atoms with E-state index in [1.807, 2.05) is 0 Å². The molecule has 2 aromatic heterocycles. The quantitative estimate of drug-likeness (QED) is 0.795. The minimum absolute atomic E-state index is 0.177. The van der Waals surface area contributed by atoms with Crippen LogP contribution in [0.25, 0.3) is 10.3 Å². The Labute approximate surface area is 160 Å². The molecule has 3 heterocycles. The maximum Gasteiger partial charge on any atom is 0.407 e. The van der Waals surface area contributed by atoms with Crippen molar-refractivity contribution in [3.05, 3.63) is 12.5 Å². The Hall–Kier alpha value is -2.53. The summed E-state index contributed by atoms with van der Waals surface area (Å²) < 4.78 is 5.26. The number of rotatable bonds is 3. The molecule has 2 aromatic rings. The fourth-order valence-corrected chi connectivity index (χ4v) is 3.51. The fraction of sp³-hybridized carbons (Fsp3) is 0.562. The molecular weight excluding hydrogens is 372 g/mol. The van der Waals surface area contributed by atoms with Crippen LogP contribution in [0.2, 0.25) is 0 Å². The van der Waals surface area contributed by atoms with E-state index < -0.39 is 11.7 Å². The second kappa shape index (κ2) is 7.61. The summed E-state index contributed by atoms with van der Waals surface area (Å²) in [5.41, 5.74) is 0.0269. The van der Waals surface area contributed by atoms with Gasteiger partial charge in [-0.3, -0.25) is 4.84 Å². The van der Waals surface area contributed by atoms with E-state index in [4.69, 9.17) is 9.57 Å². The Morgan fingerprint density at radius 3 is 2.85 bits per heavy atom. The van der Waals surface area contributed by atoms with Gasteiger partial charge in [0.2, 0.25) is 5.13 Å². The highest BCUT2D eigenvalue weighted by atomic mass is 32.1. The maximum atomic E-state index is 12.8. The molecule has 10 nitrogen and oxygen atoms in total. The van der Waals surface area contributed by atoms with Crippen molar-refractivity contribution in [2.75, 3.05) is 25.3 Å². The molecule has 11 heteroatoms. The number of amides is 3. The van der Waals surface area contributed by atoms with Crippen molar-refractivity contribution in [3.63, 3.8) is 0 Å². The molecule has 3 rings (SSSR count). The average Bonchev–Trinajstić information content (AvgIpc) is 3.20. The SMILES string of the molecule is CON(C(=O)N1CCC(NC(=O)OC(C)(C)C)C1)c1nc2cncnc2s1. The van der Waals surface area contributed by atoms with Gasteiger partial charge in [-0.15, -0.1) is 5.06 Å². The van der Waals surface area contributed by atoms with Crippen LogP contribution in [0.15, 0.2) is 12.5 Å². The third kappa shape index (κ3) is 4.61. The van der Waals surface area contributed by atoms with E-state index in [-0.39, 0.29) is 12.1 Å². The van der Waals surface area contributed by atoms with Gasteiger partial charge in [-0.1, -0.05) is 11.3 Å². The number of aromatic nitrogens is 3. The number of thiazole rings is 1. The van der Waals surface area contributed by atoms with Gasteiger partial charge in [0.15, 0.2) is 0 Å². The van der Waals surface area contributed by atoms with Crippen molar-refractivity contribution in [1.29, 1.82) is 0 Å². The number of urea groups is 1. The molecule has 0 aliphatic carbocycles. The van der Waals surface area contributed by atoms with E-state index in [9.17, 15) is 9.59 Å². The first-order chi connectivity index (χ1) is 12.8. The second-order valence-electron chi connectivity index (χ2n) is 7.05. The van der Waals surface area contributed by atoms with Crippen molar-refractivity contribution < 1.29 is 19.2 Å². The van der Waals surface area contributed by atoms with E-state index in [1.165, 1.54) is 24.8 Å². The number of hydrogen-bond donors (Lipinski definition) is 1. The van der Waals surface area contributed by atoms with Gasteiger partial charge in [0.25, 0.3) is 0 Å². The fourth-order valence-electron chi connectivity index (χ4n) is 2.66. The van der Waals surface area contributed by atoms with Gasteiger partial charge in [0.1, 0.15) is 22.3 Å². The lowest BCUT2D eigenvalue weighted by molar-refractivity contribution is 0.0506. The molecule has 1 N–H and O–H groups in total. The number of carbonyl (C=O) groups excluding carboxylic acids is 2. The molecule has 1 saturated heterocycles. The highest BCUT2D eigenvalue weighted by Gasteiger charge is 2.33. The van der Waals surface area contributed by atoms with Crippen LogP contribution in [-0.2, 0) is 9.57 Å². The lowest BCUT2D eigenvalue weighted by Crippen LogP contribution is -2.44. The Kier molecular flexibility index (Phi) is 5.42. The Morgan fingerprint density at radius 2 is 2.19 bits per heavy atom. The van der Waals surface area contributed by atoms with Crippen molar-refractivity contribution in [1.82, 2.24) is 25.2 Å². The highest BCUT2D eigenvalue weighted by molar-refractivity contribution is 7.21. The molecule has 3 amide bonds. The van der Waals surface area contributed by atoms with Crippen LogP contribution in [0.5, 0.6) is 0 Å². The highest BCUT2D eigenvalue weighted by Crippen LogP contribution is 2.28. The Morgan fingerprint density at radius 1 is 1.41 bits per heavy atom. The van der Waals surface area contributed by atoms with Crippen molar-refractivity contribution in [2.45, 2.75) is 38.8 Å². The number of anilines is 1. The normalized spacial score (nSPS) is 17.2. The maximum absolute atomic E-state index is 12.8. The summed E-state index contributed by atoms with van der Waals surface area (Å²) in [6.07, 6.45) is 3.15. The summed E-state index contributed by atoms with van der Waals surface area (Å²) in [7, 11) is 1.40. The van der Waals surface area contributed by atoms with Gasteiger partial charge in [0.05, 0.1) is 19.3 Å². The van der Waals surface area contributed by atoms with Gasteiger partial charge in [-0.25, -0.2) is 24.5 Å². The molecule has 0 radical (unpaired) electrons. The van der Waals surface area contributed by atoms with E-state index in [2.05, 4.69) is 20.3 Å². The largest absolute Gasteiger partial charge is 0.444 e. The Balaban J connectivity index is 1.63. The minimum atomic E-state index is -0.569. The van der Waals surface area contributed by atoms with Gasteiger partial charge in [-0.2, -0.15) is 0 Å². The lowest BCUT2D eigenvalue weighted by atomic mass is 10.2. The number of carbonyl (C=O) groups is 2. The van der Waals surface area contributed by atoms with E-state index in [0.717, 1.165) is 5.06 Å². The van der Waals surface area contributed by atoms with Crippen molar-refractivity contribution in [2.24, 2.45) is 0 Å². The summed E-state index contributed by atoms with van der Waals surface area (Å²) in [4.78, 5) is 44.6. The van der Waals surface area contributed by atoms with E-state index in [1.54, 1.807) is 31.9 Å². The summed E-state index contributed by atoms with van der Waals surface area (Å²) in [6, 6.07) is -0.526. The zero-order chi connectivity index (χ0) is 19.6. The Bertz CT molecular complexity index is 803. The summed E-state index contributed by atoms with van der Waals surface area (Å²) in [6.45, 7) is 6.26. The van der Waals surface area contributed by atoms with Crippen LogP contribution < -0.4 is 10.4 Å². The number of nitrogens with one attached hydrogen (secondary N) is 1. The summed E-state index contributed by atoms with van der Waals surface area (Å²) >= 11 is 1.24. The number of fused-ring (bicyclic) bond motifs is 1. The zero-order valence-electron chi connectivity index (χ0n) is 15.6. The third-order valence-electron chi connectivity index (χ3n) is 3.77. The number of likely N-dealkylation sites (tertiary alicyclic amines) is 1. The topological polar surface area (TPSA) is 110 Å². The lowest BCUT2D eigenvalue weighted by Gasteiger charge is -2.24. The molecule has 0 spiro atoms. The second-order valence-corrected chi connectivity index (χ2v) is 8.00. The van der Waals surface area contributed by atoms with Crippen molar-refractivity contribution in [3.8, 4) is 0 Å². The van der Waals surface area contributed by atoms with Crippen LogP contribution in [0.1, 0.15) is 27.2 Å². The number of hydroxylamine groups is 1. The zero-order valence-corrected chi connectivity index (χ0v) is 16.4. The third-order valence-corrected chi connectivity index (χ3v) is 4.72. The smallest absolute Gasteiger partial charge is 0.407 e. The molecule has 27 heavy (non-hydrogen) atoms. The molecule has 0 aromatic carbocycles. The van der Waals surface area contributed by atoms with Crippen LogP contribution >= 0.6 is 11.3 Å². The van der Waals surface area contributed by atoms with Crippen LogP contribution in [0, 0.1) is 0 Å².